The van der Waals surface area contributed by atoms with E-state index < -0.39 is 0 Å². The van der Waals surface area contributed by atoms with Crippen LogP contribution in [-0.4, -0.2) is 29.2 Å². The summed E-state index contributed by atoms with van der Waals surface area (Å²) < 4.78 is 0. The van der Waals surface area contributed by atoms with E-state index in [-0.39, 0.29) is 11.8 Å². The van der Waals surface area contributed by atoms with Crippen LogP contribution in [0.3, 0.4) is 0 Å². The Morgan fingerprint density at radius 2 is 2.53 bits per heavy atom. The summed E-state index contributed by atoms with van der Waals surface area (Å²) in [6.45, 7) is 3.91. The standard InChI is InChI=1S/C12H20N4O/c1-2-4-10-7-11(16-15-10)14-12(17)9-5-3-6-13-8-9/h7,9,13H,2-6,8H2,1H3,(H2,14,15,16,17)/t9-/m1/s1. The number of hydrogen-bond donors (Lipinski definition) is 3. The molecule has 17 heavy (non-hydrogen) atoms. The van der Waals surface area contributed by atoms with Gasteiger partial charge in [-0.25, -0.2) is 0 Å². The molecule has 0 unspecified atom stereocenters. The van der Waals surface area contributed by atoms with Crippen LogP contribution in [0.4, 0.5) is 5.82 Å². The van der Waals surface area contributed by atoms with Crippen molar-refractivity contribution in [2.75, 3.05) is 18.4 Å². The first-order chi connectivity index (χ1) is 8.29. The first-order valence-corrected chi connectivity index (χ1v) is 6.35. The molecule has 3 N–H and O–H groups in total. The highest BCUT2D eigenvalue weighted by Gasteiger charge is 2.21. The summed E-state index contributed by atoms with van der Waals surface area (Å²) in [5.41, 5.74) is 1.07. The molecule has 2 rings (SSSR count). The molecular formula is C12H20N4O. The highest BCUT2D eigenvalue weighted by Crippen LogP contribution is 2.13. The molecule has 0 aromatic carbocycles. The fraction of sp³-hybridized carbons (Fsp3) is 0.667. The molecule has 0 spiro atoms. The average Bonchev–Trinajstić information content (AvgIpc) is 2.78. The lowest BCUT2D eigenvalue weighted by molar-refractivity contribution is -0.120. The molecular weight excluding hydrogens is 216 g/mol. The molecule has 0 aliphatic carbocycles. The van der Waals surface area contributed by atoms with Crippen LogP contribution >= 0.6 is 0 Å². The van der Waals surface area contributed by atoms with Gasteiger partial charge < -0.3 is 10.6 Å². The van der Waals surface area contributed by atoms with Crippen molar-refractivity contribution in [1.29, 1.82) is 0 Å². The smallest absolute Gasteiger partial charge is 0.229 e. The molecule has 1 fully saturated rings. The van der Waals surface area contributed by atoms with Crippen molar-refractivity contribution in [3.05, 3.63) is 11.8 Å². The first kappa shape index (κ1) is 12.1. The van der Waals surface area contributed by atoms with E-state index in [2.05, 4.69) is 27.8 Å². The van der Waals surface area contributed by atoms with Crippen LogP contribution in [0.5, 0.6) is 0 Å². The molecule has 1 aliphatic heterocycles. The summed E-state index contributed by atoms with van der Waals surface area (Å²) >= 11 is 0. The van der Waals surface area contributed by atoms with Crippen LogP contribution < -0.4 is 10.6 Å². The third-order valence-electron chi connectivity index (χ3n) is 3.07. The van der Waals surface area contributed by atoms with Crippen LogP contribution in [0.1, 0.15) is 31.9 Å². The maximum Gasteiger partial charge on any atom is 0.229 e. The zero-order valence-corrected chi connectivity index (χ0v) is 10.3. The van der Waals surface area contributed by atoms with Crippen LogP contribution in [-0.2, 0) is 11.2 Å². The Balaban J connectivity index is 1.88. The Kier molecular flexibility index (Phi) is 4.14. The molecule has 2 heterocycles. The lowest BCUT2D eigenvalue weighted by Gasteiger charge is -2.21. The number of piperidine rings is 1. The molecule has 1 aromatic rings. The fourth-order valence-corrected chi connectivity index (χ4v) is 2.13. The van der Waals surface area contributed by atoms with Gasteiger partial charge in [-0.3, -0.25) is 9.89 Å². The Hall–Kier alpha value is -1.36. The van der Waals surface area contributed by atoms with E-state index in [4.69, 9.17) is 0 Å². The number of H-pyrrole nitrogens is 1. The van der Waals surface area contributed by atoms with E-state index in [0.717, 1.165) is 44.5 Å². The monoisotopic (exact) mass is 236 g/mol. The number of carbonyl (C=O) groups excluding carboxylic acids is 1. The number of nitrogens with zero attached hydrogens (tertiary/aromatic N) is 1. The van der Waals surface area contributed by atoms with E-state index >= 15 is 0 Å². The summed E-state index contributed by atoms with van der Waals surface area (Å²) in [5.74, 6) is 0.797. The van der Waals surface area contributed by atoms with Crippen LogP contribution in [0.15, 0.2) is 6.07 Å². The number of anilines is 1. The molecule has 1 amide bonds. The van der Waals surface area contributed by atoms with Gasteiger partial charge in [-0.2, -0.15) is 5.10 Å². The summed E-state index contributed by atoms with van der Waals surface area (Å²) in [6, 6.07) is 1.91. The predicted molar refractivity (Wildman–Crippen MR) is 66.8 cm³/mol. The number of amides is 1. The van der Waals surface area contributed by atoms with Crippen LogP contribution in [0.25, 0.3) is 0 Å². The second-order valence-electron chi connectivity index (χ2n) is 4.56. The third-order valence-corrected chi connectivity index (χ3v) is 3.07. The summed E-state index contributed by atoms with van der Waals surface area (Å²) in [5, 5.41) is 13.1. The number of aromatic amines is 1. The molecule has 1 saturated heterocycles. The van der Waals surface area contributed by atoms with Crippen molar-refractivity contribution in [1.82, 2.24) is 15.5 Å². The minimum Gasteiger partial charge on any atom is -0.316 e. The quantitative estimate of drug-likeness (QED) is 0.738. The van der Waals surface area contributed by atoms with E-state index in [9.17, 15) is 4.79 Å². The molecule has 94 valence electrons. The maximum atomic E-state index is 11.9. The van der Waals surface area contributed by atoms with Gasteiger partial charge in [0.05, 0.1) is 5.92 Å². The largest absolute Gasteiger partial charge is 0.316 e. The van der Waals surface area contributed by atoms with Crippen molar-refractivity contribution < 1.29 is 4.79 Å². The van der Waals surface area contributed by atoms with Gasteiger partial charge in [-0.05, 0) is 25.8 Å². The maximum absolute atomic E-state index is 11.9. The number of hydrogen-bond acceptors (Lipinski definition) is 3. The van der Waals surface area contributed by atoms with Gasteiger partial charge in [-0.1, -0.05) is 13.3 Å². The lowest BCUT2D eigenvalue weighted by atomic mass is 9.99. The summed E-state index contributed by atoms with van der Waals surface area (Å²) in [7, 11) is 0. The number of carbonyl (C=O) groups is 1. The Bertz CT molecular complexity index is 368. The zero-order chi connectivity index (χ0) is 12.1. The van der Waals surface area contributed by atoms with Crippen molar-refractivity contribution in [2.45, 2.75) is 32.6 Å². The lowest BCUT2D eigenvalue weighted by Crippen LogP contribution is -2.37. The van der Waals surface area contributed by atoms with Gasteiger partial charge in [0, 0.05) is 18.3 Å². The van der Waals surface area contributed by atoms with Gasteiger partial charge in [0.2, 0.25) is 5.91 Å². The van der Waals surface area contributed by atoms with Crippen LogP contribution in [0.2, 0.25) is 0 Å². The van der Waals surface area contributed by atoms with Gasteiger partial charge >= 0.3 is 0 Å². The molecule has 0 bridgehead atoms. The first-order valence-electron chi connectivity index (χ1n) is 6.35. The van der Waals surface area contributed by atoms with Crippen molar-refractivity contribution >= 4 is 11.7 Å². The Labute approximate surface area is 101 Å². The van der Waals surface area contributed by atoms with Gasteiger partial charge in [0.1, 0.15) is 0 Å². The SMILES string of the molecule is CCCc1cc(NC(=O)[C@@H]2CCCNC2)n[nH]1. The van der Waals surface area contributed by atoms with Gasteiger partial charge in [-0.15, -0.1) is 0 Å². The third kappa shape index (κ3) is 3.30. The van der Waals surface area contributed by atoms with Crippen LogP contribution in [0, 0.1) is 5.92 Å². The second-order valence-corrected chi connectivity index (χ2v) is 4.56. The van der Waals surface area contributed by atoms with Crippen molar-refractivity contribution in [3.8, 4) is 0 Å². The molecule has 1 aliphatic rings. The Morgan fingerprint density at radius 3 is 3.24 bits per heavy atom. The van der Waals surface area contributed by atoms with Gasteiger partial charge in [0.15, 0.2) is 5.82 Å². The van der Waals surface area contributed by atoms with Crippen molar-refractivity contribution in [3.63, 3.8) is 0 Å². The second kappa shape index (κ2) is 5.82. The number of aryl methyl sites for hydroxylation is 1. The molecule has 0 saturated carbocycles. The highest BCUT2D eigenvalue weighted by molar-refractivity contribution is 5.91. The molecule has 0 radical (unpaired) electrons. The normalized spacial score (nSPS) is 20.2. The average molecular weight is 236 g/mol. The molecule has 1 atom stereocenters. The van der Waals surface area contributed by atoms with E-state index in [1.165, 1.54) is 0 Å². The van der Waals surface area contributed by atoms with Crippen molar-refractivity contribution in [2.24, 2.45) is 5.92 Å². The fourth-order valence-electron chi connectivity index (χ4n) is 2.13. The van der Waals surface area contributed by atoms with E-state index in [0.29, 0.717) is 5.82 Å². The number of nitrogens with one attached hydrogen (secondary N) is 3. The highest BCUT2D eigenvalue weighted by atomic mass is 16.2. The molecule has 5 heteroatoms. The number of rotatable bonds is 4. The van der Waals surface area contributed by atoms with E-state index in [1.54, 1.807) is 0 Å². The van der Waals surface area contributed by atoms with E-state index in [1.807, 2.05) is 6.07 Å². The van der Waals surface area contributed by atoms with Gasteiger partial charge in [0.25, 0.3) is 0 Å². The minimum absolute atomic E-state index is 0.0757. The Morgan fingerprint density at radius 1 is 1.65 bits per heavy atom. The summed E-state index contributed by atoms with van der Waals surface area (Å²) in [6.07, 6.45) is 4.07. The molecule has 1 aromatic heterocycles. The number of aromatic nitrogens is 2. The molecule has 5 nitrogen and oxygen atoms in total. The predicted octanol–water partition coefficient (Wildman–Crippen LogP) is 1.30. The topological polar surface area (TPSA) is 69.8 Å². The zero-order valence-electron chi connectivity index (χ0n) is 10.3. The minimum atomic E-state index is 0.0757. The summed E-state index contributed by atoms with van der Waals surface area (Å²) in [4.78, 5) is 11.9.